The highest BCUT2D eigenvalue weighted by Gasteiger charge is 2.31. The standard InChI is InChI=1S/C19H16N4O3/c24-18-10-15(14-8-4-5-9-16(14)21-18)19(25)26-11-17-20-12-23(22-17)13-6-2-1-3-7-13/h1-9,12,15H,10-11H2,(H,21,24)/t15-/m0/s1. The Balaban J connectivity index is 1.45. The Morgan fingerprint density at radius 3 is 2.77 bits per heavy atom. The van der Waals surface area contributed by atoms with E-state index in [0.29, 0.717) is 11.5 Å². The molecule has 0 radical (unpaired) electrons. The summed E-state index contributed by atoms with van der Waals surface area (Å²) in [5.41, 5.74) is 2.28. The first-order valence-electron chi connectivity index (χ1n) is 8.22. The first-order valence-corrected chi connectivity index (χ1v) is 8.22. The minimum atomic E-state index is -0.615. The quantitative estimate of drug-likeness (QED) is 0.732. The fourth-order valence-corrected chi connectivity index (χ4v) is 2.93. The maximum absolute atomic E-state index is 12.5. The zero-order valence-electron chi connectivity index (χ0n) is 13.8. The minimum absolute atomic E-state index is 0.0427. The van der Waals surface area contributed by atoms with Crippen molar-refractivity contribution in [1.29, 1.82) is 0 Å². The van der Waals surface area contributed by atoms with E-state index >= 15 is 0 Å². The van der Waals surface area contributed by atoms with Gasteiger partial charge in [0.15, 0.2) is 12.4 Å². The van der Waals surface area contributed by atoms with Crippen LogP contribution in [0, 0.1) is 0 Å². The molecule has 1 aromatic heterocycles. The Hall–Kier alpha value is -3.48. The molecular formula is C19H16N4O3. The molecule has 1 atom stereocenters. The largest absolute Gasteiger partial charge is 0.457 e. The van der Waals surface area contributed by atoms with Gasteiger partial charge in [-0.1, -0.05) is 36.4 Å². The molecule has 26 heavy (non-hydrogen) atoms. The number of hydrogen-bond donors (Lipinski definition) is 1. The first kappa shape index (κ1) is 16.0. The summed E-state index contributed by atoms with van der Waals surface area (Å²) < 4.78 is 6.98. The van der Waals surface area contributed by atoms with Crippen molar-refractivity contribution >= 4 is 17.6 Å². The van der Waals surface area contributed by atoms with E-state index in [9.17, 15) is 9.59 Å². The van der Waals surface area contributed by atoms with Crippen LogP contribution in [0.5, 0.6) is 0 Å². The molecule has 1 aliphatic rings. The van der Waals surface area contributed by atoms with Gasteiger partial charge >= 0.3 is 5.97 Å². The number of fused-ring (bicyclic) bond motifs is 1. The maximum atomic E-state index is 12.5. The highest BCUT2D eigenvalue weighted by atomic mass is 16.5. The van der Waals surface area contributed by atoms with Gasteiger partial charge in [-0.3, -0.25) is 9.59 Å². The van der Waals surface area contributed by atoms with Crippen LogP contribution in [-0.2, 0) is 20.9 Å². The number of esters is 1. The van der Waals surface area contributed by atoms with Gasteiger partial charge in [-0.2, -0.15) is 0 Å². The van der Waals surface area contributed by atoms with Crippen molar-refractivity contribution in [2.45, 2.75) is 18.9 Å². The summed E-state index contributed by atoms with van der Waals surface area (Å²) in [5, 5.41) is 7.07. The van der Waals surface area contributed by atoms with Crippen molar-refractivity contribution in [3.63, 3.8) is 0 Å². The van der Waals surface area contributed by atoms with Crippen LogP contribution in [0.1, 0.15) is 23.7 Å². The van der Waals surface area contributed by atoms with Crippen LogP contribution in [0.2, 0.25) is 0 Å². The molecule has 0 unspecified atom stereocenters. The van der Waals surface area contributed by atoms with Gasteiger partial charge < -0.3 is 10.1 Å². The predicted octanol–water partition coefficient (Wildman–Crippen LogP) is 2.44. The van der Waals surface area contributed by atoms with Crippen molar-refractivity contribution in [3.8, 4) is 5.69 Å². The molecule has 1 N–H and O–H groups in total. The summed E-state index contributed by atoms with van der Waals surface area (Å²) in [6, 6.07) is 16.8. The van der Waals surface area contributed by atoms with Crippen molar-refractivity contribution in [1.82, 2.24) is 14.8 Å². The highest BCUT2D eigenvalue weighted by Crippen LogP contribution is 2.32. The first-order chi connectivity index (χ1) is 12.7. The van der Waals surface area contributed by atoms with Crippen molar-refractivity contribution in [3.05, 3.63) is 72.3 Å². The molecule has 3 aromatic rings. The fraction of sp³-hybridized carbons (Fsp3) is 0.158. The predicted molar refractivity (Wildman–Crippen MR) is 93.6 cm³/mol. The number of rotatable bonds is 4. The summed E-state index contributed by atoms with van der Waals surface area (Å²) in [4.78, 5) is 28.5. The zero-order chi connectivity index (χ0) is 17.9. The van der Waals surface area contributed by atoms with Gasteiger partial charge in [0.25, 0.3) is 0 Å². The van der Waals surface area contributed by atoms with E-state index in [1.54, 1.807) is 17.1 Å². The minimum Gasteiger partial charge on any atom is -0.457 e. The lowest BCUT2D eigenvalue weighted by Crippen LogP contribution is -2.28. The monoisotopic (exact) mass is 348 g/mol. The number of nitrogens with zero attached hydrogens (tertiary/aromatic N) is 3. The second-order valence-electron chi connectivity index (χ2n) is 5.94. The fourth-order valence-electron chi connectivity index (χ4n) is 2.93. The Labute approximate surface area is 149 Å². The van der Waals surface area contributed by atoms with Crippen molar-refractivity contribution in [2.24, 2.45) is 0 Å². The second kappa shape index (κ2) is 6.79. The summed E-state index contributed by atoms with van der Waals surface area (Å²) in [7, 11) is 0. The maximum Gasteiger partial charge on any atom is 0.314 e. The second-order valence-corrected chi connectivity index (χ2v) is 5.94. The number of carbonyl (C=O) groups is 2. The van der Waals surface area contributed by atoms with E-state index in [-0.39, 0.29) is 18.9 Å². The Kier molecular flexibility index (Phi) is 4.18. The topological polar surface area (TPSA) is 86.1 Å². The third kappa shape index (κ3) is 3.19. The SMILES string of the molecule is O=C1C[C@H](C(=O)OCc2ncn(-c3ccccc3)n2)c2ccccc2N1. The third-order valence-corrected chi connectivity index (χ3v) is 4.19. The molecule has 0 saturated heterocycles. The summed E-state index contributed by atoms with van der Waals surface area (Å²) in [6.07, 6.45) is 1.64. The van der Waals surface area contributed by atoms with Crippen LogP contribution in [0.15, 0.2) is 60.9 Å². The number of ether oxygens (including phenoxy) is 1. The van der Waals surface area contributed by atoms with E-state index in [1.807, 2.05) is 48.5 Å². The lowest BCUT2D eigenvalue weighted by atomic mass is 9.91. The van der Waals surface area contributed by atoms with Crippen LogP contribution in [-0.4, -0.2) is 26.6 Å². The smallest absolute Gasteiger partial charge is 0.314 e. The summed E-state index contributed by atoms with van der Waals surface area (Å²) >= 11 is 0. The zero-order valence-corrected chi connectivity index (χ0v) is 13.8. The molecule has 0 fully saturated rings. The van der Waals surface area contributed by atoms with Crippen LogP contribution in [0.25, 0.3) is 5.69 Å². The number of nitrogens with one attached hydrogen (secondary N) is 1. The van der Waals surface area contributed by atoms with Gasteiger partial charge in [-0.05, 0) is 23.8 Å². The number of para-hydroxylation sites is 2. The lowest BCUT2D eigenvalue weighted by molar-refractivity contribution is -0.148. The van der Waals surface area contributed by atoms with Crippen molar-refractivity contribution < 1.29 is 14.3 Å². The normalized spacial score (nSPS) is 15.8. The molecule has 1 amide bonds. The molecule has 0 aliphatic carbocycles. The van der Waals surface area contributed by atoms with Crippen molar-refractivity contribution in [2.75, 3.05) is 5.32 Å². The van der Waals surface area contributed by atoms with Gasteiger partial charge in [0, 0.05) is 12.1 Å². The number of aromatic nitrogens is 3. The van der Waals surface area contributed by atoms with Gasteiger partial charge in [0.2, 0.25) is 5.91 Å². The van der Waals surface area contributed by atoms with Crippen LogP contribution >= 0.6 is 0 Å². The van der Waals surface area contributed by atoms with E-state index in [2.05, 4.69) is 15.4 Å². The molecule has 0 saturated carbocycles. The van der Waals surface area contributed by atoms with E-state index in [1.165, 1.54) is 0 Å². The molecule has 4 rings (SSSR count). The average Bonchev–Trinajstić information content (AvgIpc) is 3.15. The van der Waals surface area contributed by atoms with Gasteiger partial charge in [-0.15, -0.1) is 5.10 Å². The summed E-state index contributed by atoms with van der Waals surface area (Å²) in [5.74, 6) is -0.868. The van der Waals surface area contributed by atoms with Crippen LogP contribution < -0.4 is 5.32 Å². The Morgan fingerprint density at radius 1 is 1.15 bits per heavy atom. The third-order valence-electron chi connectivity index (χ3n) is 4.19. The van der Waals surface area contributed by atoms with Gasteiger partial charge in [-0.25, -0.2) is 9.67 Å². The molecule has 2 heterocycles. The Bertz CT molecular complexity index is 952. The molecule has 0 spiro atoms. The Morgan fingerprint density at radius 2 is 1.92 bits per heavy atom. The molecule has 130 valence electrons. The highest BCUT2D eigenvalue weighted by molar-refractivity contribution is 5.99. The number of benzene rings is 2. The van der Waals surface area contributed by atoms with Gasteiger partial charge in [0.05, 0.1) is 11.6 Å². The van der Waals surface area contributed by atoms with E-state index < -0.39 is 11.9 Å². The number of carbonyl (C=O) groups excluding carboxylic acids is 2. The number of amides is 1. The number of hydrogen-bond acceptors (Lipinski definition) is 5. The van der Waals surface area contributed by atoms with E-state index in [0.717, 1.165) is 11.3 Å². The molecule has 7 nitrogen and oxygen atoms in total. The van der Waals surface area contributed by atoms with Crippen LogP contribution in [0.3, 0.4) is 0 Å². The molecule has 7 heteroatoms. The molecule has 1 aliphatic heterocycles. The number of anilines is 1. The van der Waals surface area contributed by atoms with E-state index in [4.69, 9.17) is 4.74 Å². The summed E-state index contributed by atoms with van der Waals surface area (Å²) in [6.45, 7) is -0.0427. The molecule has 0 bridgehead atoms. The van der Waals surface area contributed by atoms with Gasteiger partial charge in [0.1, 0.15) is 6.33 Å². The molecule has 2 aromatic carbocycles. The average molecular weight is 348 g/mol. The molecular weight excluding hydrogens is 332 g/mol. The van der Waals surface area contributed by atoms with Crippen LogP contribution in [0.4, 0.5) is 5.69 Å². The lowest BCUT2D eigenvalue weighted by Gasteiger charge is -2.23.